The maximum absolute atomic E-state index is 11.9. The van der Waals surface area contributed by atoms with Crippen LogP contribution in [0.2, 0.25) is 0 Å². The fraction of sp³-hybridized carbons (Fsp3) is 0.375. The quantitative estimate of drug-likeness (QED) is 0.810. The molecule has 1 fully saturated rings. The van der Waals surface area contributed by atoms with Crippen molar-refractivity contribution >= 4 is 17.5 Å². The first-order chi connectivity index (χ1) is 10.2. The highest BCUT2D eigenvalue weighted by atomic mass is 16.2. The molecule has 0 spiro atoms. The molecule has 1 saturated heterocycles. The van der Waals surface area contributed by atoms with Crippen molar-refractivity contribution in [2.75, 3.05) is 18.0 Å². The predicted molar refractivity (Wildman–Crippen MR) is 80.8 cm³/mol. The molecule has 1 aromatic carbocycles. The molecule has 3 rings (SSSR count). The summed E-state index contributed by atoms with van der Waals surface area (Å²) < 4.78 is 0. The number of amides is 2. The van der Waals surface area contributed by atoms with Crippen LogP contribution in [0, 0.1) is 0 Å². The van der Waals surface area contributed by atoms with Gasteiger partial charge in [0.25, 0.3) is 0 Å². The van der Waals surface area contributed by atoms with Crippen LogP contribution in [0.4, 0.5) is 5.69 Å². The molecule has 2 heterocycles. The van der Waals surface area contributed by atoms with Crippen molar-refractivity contribution in [3.63, 3.8) is 0 Å². The number of carbonyl (C=O) groups excluding carboxylic acids is 2. The Hall–Kier alpha value is -2.14. The van der Waals surface area contributed by atoms with Gasteiger partial charge in [-0.3, -0.25) is 14.9 Å². The Morgan fingerprint density at radius 3 is 2.76 bits per heavy atom. The molecule has 1 aromatic rings. The normalized spacial score (nSPS) is 21.0. The standard InChI is InChI=1S/C16H19N3O2/c20-15-4-2-10-19(15)13-7-5-12(6-8-13)11-18-16(21)14-3-1-9-17-14/h1,3,5-8,14,17H,2,4,9-11H2,(H,18,21)/t14-/m1/s1. The summed E-state index contributed by atoms with van der Waals surface area (Å²) in [6.45, 7) is 2.05. The van der Waals surface area contributed by atoms with E-state index in [1.165, 1.54) is 0 Å². The van der Waals surface area contributed by atoms with Crippen molar-refractivity contribution in [2.24, 2.45) is 0 Å². The third kappa shape index (κ3) is 3.13. The molecule has 2 aliphatic rings. The molecule has 2 amide bonds. The summed E-state index contributed by atoms with van der Waals surface area (Å²) in [6.07, 6.45) is 5.39. The number of hydrogen-bond donors (Lipinski definition) is 2. The van der Waals surface area contributed by atoms with Gasteiger partial charge in [0.05, 0.1) is 0 Å². The summed E-state index contributed by atoms with van der Waals surface area (Å²) in [5, 5.41) is 5.98. The predicted octanol–water partition coefficient (Wildman–Crippen LogP) is 0.958. The Labute approximate surface area is 124 Å². The van der Waals surface area contributed by atoms with Gasteiger partial charge in [-0.2, -0.15) is 0 Å². The highest BCUT2D eigenvalue weighted by molar-refractivity contribution is 5.95. The van der Waals surface area contributed by atoms with Crippen molar-refractivity contribution in [1.82, 2.24) is 10.6 Å². The van der Waals surface area contributed by atoms with Gasteiger partial charge in [-0.15, -0.1) is 0 Å². The highest BCUT2D eigenvalue weighted by Crippen LogP contribution is 2.21. The van der Waals surface area contributed by atoms with Gasteiger partial charge in [0.15, 0.2) is 0 Å². The van der Waals surface area contributed by atoms with E-state index in [1.54, 1.807) is 0 Å². The van der Waals surface area contributed by atoms with Crippen LogP contribution in [0.15, 0.2) is 36.4 Å². The first-order valence-electron chi connectivity index (χ1n) is 7.31. The van der Waals surface area contributed by atoms with Crippen molar-refractivity contribution < 1.29 is 9.59 Å². The number of hydrogen-bond acceptors (Lipinski definition) is 3. The molecule has 0 bridgehead atoms. The molecule has 5 nitrogen and oxygen atoms in total. The summed E-state index contributed by atoms with van der Waals surface area (Å²) in [4.78, 5) is 25.4. The first kappa shape index (κ1) is 13.8. The lowest BCUT2D eigenvalue weighted by Crippen LogP contribution is -2.40. The van der Waals surface area contributed by atoms with Gasteiger partial charge < -0.3 is 10.2 Å². The Balaban J connectivity index is 1.56. The molecule has 0 unspecified atom stereocenters. The lowest BCUT2D eigenvalue weighted by Gasteiger charge is -2.16. The van der Waals surface area contributed by atoms with Gasteiger partial charge in [-0.05, 0) is 24.1 Å². The summed E-state index contributed by atoms with van der Waals surface area (Å²) in [5.74, 6) is 0.178. The number of nitrogens with zero attached hydrogens (tertiary/aromatic N) is 1. The summed E-state index contributed by atoms with van der Waals surface area (Å²) >= 11 is 0. The summed E-state index contributed by atoms with van der Waals surface area (Å²) in [5.41, 5.74) is 1.97. The van der Waals surface area contributed by atoms with Crippen molar-refractivity contribution in [3.05, 3.63) is 42.0 Å². The first-order valence-corrected chi connectivity index (χ1v) is 7.31. The zero-order valence-corrected chi connectivity index (χ0v) is 11.8. The maximum Gasteiger partial charge on any atom is 0.241 e. The molecule has 2 aliphatic heterocycles. The molecule has 2 N–H and O–H groups in total. The zero-order valence-electron chi connectivity index (χ0n) is 11.8. The minimum absolute atomic E-state index is 0.0115. The van der Waals surface area contributed by atoms with E-state index in [4.69, 9.17) is 0 Å². The van der Waals surface area contributed by atoms with Crippen LogP contribution in [-0.2, 0) is 16.1 Å². The number of nitrogens with one attached hydrogen (secondary N) is 2. The monoisotopic (exact) mass is 285 g/mol. The molecule has 0 saturated carbocycles. The average molecular weight is 285 g/mol. The van der Waals surface area contributed by atoms with E-state index < -0.39 is 0 Å². The Morgan fingerprint density at radius 1 is 1.33 bits per heavy atom. The zero-order chi connectivity index (χ0) is 14.7. The highest BCUT2D eigenvalue weighted by Gasteiger charge is 2.21. The van der Waals surface area contributed by atoms with Gasteiger partial charge in [0.2, 0.25) is 11.8 Å². The minimum atomic E-state index is -0.216. The van der Waals surface area contributed by atoms with Crippen LogP contribution in [0.1, 0.15) is 18.4 Å². The van der Waals surface area contributed by atoms with Gasteiger partial charge in [0, 0.05) is 31.7 Å². The van der Waals surface area contributed by atoms with E-state index in [2.05, 4.69) is 10.6 Å². The molecule has 0 aliphatic carbocycles. The fourth-order valence-electron chi connectivity index (χ4n) is 2.66. The largest absolute Gasteiger partial charge is 0.350 e. The lowest BCUT2D eigenvalue weighted by atomic mass is 10.2. The van der Waals surface area contributed by atoms with Gasteiger partial charge >= 0.3 is 0 Å². The molecule has 1 atom stereocenters. The molecular weight excluding hydrogens is 266 g/mol. The Kier molecular flexibility index (Phi) is 4.01. The van der Waals surface area contributed by atoms with Crippen LogP contribution in [0.5, 0.6) is 0 Å². The molecule has 0 radical (unpaired) electrons. The third-order valence-electron chi connectivity index (χ3n) is 3.85. The summed E-state index contributed by atoms with van der Waals surface area (Å²) in [6, 6.07) is 7.58. The lowest BCUT2D eigenvalue weighted by molar-refractivity contribution is -0.122. The van der Waals surface area contributed by atoms with E-state index in [9.17, 15) is 9.59 Å². The van der Waals surface area contributed by atoms with E-state index in [-0.39, 0.29) is 17.9 Å². The van der Waals surface area contributed by atoms with Gasteiger partial charge in [-0.1, -0.05) is 24.3 Å². The van der Waals surface area contributed by atoms with Gasteiger partial charge in [-0.25, -0.2) is 0 Å². The Morgan fingerprint density at radius 2 is 2.14 bits per heavy atom. The van der Waals surface area contributed by atoms with E-state index in [0.29, 0.717) is 13.0 Å². The number of carbonyl (C=O) groups is 2. The van der Waals surface area contributed by atoms with Crippen molar-refractivity contribution in [3.8, 4) is 0 Å². The second kappa shape index (κ2) is 6.10. The maximum atomic E-state index is 11.9. The van der Waals surface area contributed by atoms with E-state index in [1.807, 2.05) is 41.3 Å². The van der Waals surface area contributed by atoms with Crippen LogP contribution >= 0.6 is 0 Å². The second-order valence-corrected chi connectivity index (χ2v) is 5.35. The molecule has 0 aromatic heterocycles. The third-order valence-corrected chi connectivity index (χ3v) is 3.85. The second-order valence-electron chi connectivity index (χ2n) is 5.35. The fourth-order valence-corrected chi connectivity index (χ4v) is 2.66. The molecule has 21 heavy (non-hydrogen) atoms. The number of rotatable bonds is 4. The topological polar surface area (TPSA) is 61.4 Å². The molecule has 5 heteroatoms. The molecule has 110 valence electrons. The van der Waals surface area contributed by atoms with Crippen LogP contribution in [-0.4, -0.2) is 30.9 Å². The average Bonchev–Trinajstić information content (AvgIpc) is 3.17. The SMILES string of the molecule is O=C(NCc1ccc(N2CCCC2=O)cc1)[C@H]1C=CCN1. The van der Waals surface area contributed by atoms with E-state index in [0.717, 1.165) is 30.8 Å². The number of anilines is 1. The van der Waals surface area contributed by atoms with Crippen LogP contribution < -0.4 is 15.5 Å². The number of benzene rings is 1. The van der Waals surface area contributed by atoms with Gasteiger partial charge in [0.1, 0.15) is 6.04 Å². The smallest absolute Gasteiger partial charge is 0.241 e. The summed E-state index contributed by atoms with van der Waals surface area (Å²) in [7, 11) is 0. The Bertz CT molecular complexity index is 565. The minimum Gasteiger partial charge on any atom is -0.350 e. The van der Waals surface area contributed by atoms with E-state index >= 15 is 0 Å². The van der Waals surface area contributed by atoms with Crippen LogP contribution in [0.3, 0.4) is 0 Å². The van der Waals surface area contributed by atoms with Crippen molar-refractivity contribution in [2.45, 2.75) is 25.4 Å². The van der Waals surface area contributed by atoms with Crippen LogP contribution in [0.25, 0.3) is 0 Å². The van der Waals surface area contributed by atoms with Crippen molar-refractivity contribution in [1.29, 1.82) is 0 Å². The molecular formula is C16H19N3O2.